The number of ether oxygens (including phenoxy) is 2. The van der Waals surface area contributed by atoms with Crippen LogP contribution >= 0.6 is 0 Å². The first kappa shape index (κ1) is 16.1. The molecule has 25 heavy (non-hydrogen) atoms. The molecule has 1 fully saturated rings. The molecule has 1 aromatic carbocycles. The average Bonchev–Trinajstić information content (AvgIpc) is 3.30. The van der Waals surface area contributed by atoms with Crippen molar-refractivity contribution in [3.63, 3.8) is 0 Å². The minimum atomic E-state index is -0.741. The van der Waals surface area contributed by atoms with E-state index in [1.54, 1.807) is 11.5 Å². The van der Waals surface area contributed by atoms with Gasteiger partial charge in [-0.05, 0) is 32.8 Å². The molecule has 6 nitrogen and oxygen atoms in total. The van der Waals surface area contributed by atoms with Crippen LogP contribution in [0.4, 0.5) is 4.39 Å². The van der Waals surface area contributed by atoms with Crippen molar-refractivity contribution in [1.82, 2.24) is 4.57 Å². The Morgan fingerprint density at radius 1 is 1.52 bits per heavy atom. The van der Waals surface area contributed by atoms with Crippen molar-refractivity contribution in [2.45, 2.75) is 38.3 Å². The van der Waals surface area contributed by atoms with E-state index in [9.17, 15) is 14.0 Å². The Hall–Kier alpha value is -2.41. The van der Waals surface area contributed by atoms with E-state index in [2.05, 4.69) is 0 Å². The third-order valence-corrected chi connectivity index (χ3v) is 4.95. The van der Waals surface area contributed by atoms with Gasteiger partial charge in [0.25, 0.3) is 0 Å². The van der Waals surface area contributed by atoms with Crippen molar-refractivity contribution in [1.29, 1.82) is 0 Å². The Morgan fingerprint density at radius 2 is 2.24 bits per heavy atom. The minimum absolute atomic E-state index is 0.102. The summed E-state index contributed by atoms with van der Waals surface area (Å²) >= 11 is 0. The van der Waals surface area contributed by atoms with Gasteiger partial charge in [0.2, 0.25) is 5.43 Å². The first-order chi connectivity index (χ1) is 11.9. The van der Waals surface area contributed by atoms with Gasteiger partial charge in [0.1, 0.15) is 18.0 Å². The number of nitrogens with two attached hydrogens (primary N) is 1. The van der Waals surface area contributed by atoms with Crippen LogP contribution in [0.25, 0.3) is 10.9 Å². The van der Waals surface area contributed by atoms with Crippen LogP contribution in [0, 0.1) is 5.82 Å². The first-order valence-corrected chi connectivity index (χ1v) is 8.38. The van der Waals surface area contributed by atoms with Gasteiger partial charge in [0.15, 0.2) is 5.75 Å². The van der Waals surface area contributed by atoms with Crippen LogP contribution in [0.2, 0.25) is 0 Å². The number of nitrogens with zero attached hydrogens (tertiary/aromatic N) is 1. The molecule has 132 valence electrons. The SMILES string of the molecule is CCOC(=O)c1cn2c3c(c(C4(N)CC4)c(F)cc3c1=O)OC[C@@H]2C. The molecule has 2 N–H and O–H groups in total. The highest BCUT2D eigenvalue weighted by Crippen LogP contribution is 2.50. The maximum absolute atomic E-state index is 14.8. The zero-order valence-corrected chi connectivity index (χ0v) is 14.1. The van der Waals surface area contributed by atoms with Gasteiger partial charge in [-0.1, -0.05) is 0 Å². The maximum Gasteiger partial charge on any atom is 0.343 e. The lowest BCUT2D eigenvalue weighted by Crippen LogP contribution is -2.30. The average molecular weight is 346 g/mol. The Bertz CT molecular complexity index is 962. The second-order valence-electron chi connectivity index (χ2n) is 6.77. The van der Waals surface area contributed by atoms with Crippen LogP contribution < -0.4 is 15.9 Å². The summed E-state index contributed by atoms with van der Waals surface area (Å²) in [5.74, 6) is -0.956. The quantitative estimate of drug-likeness (QED) is 0.862. The highest BCUT2D eigenvalue weighted by Gasteiger charge is 2.46. The van der Waals surface area contributed by atoms with Crippen molar-refractivity contribution >= 4 is 16.9 Å². The third-order valence-electron chi connectivity index (χ3n) is 4.95. The van der Waals surface area contributed by atoms with Crippen LogP contribution in [0.3, 0.4) is 0 Å². The number of aromatic nitrogens is 1. The molecule has 0 amide bonds. The number of hydrogen-bond donors (Lipinski definition) is 1. The van der Waals surface area contributed by atoms with E-state index in [0.29, 0.717) is 36.3 Å². The summed E-state index contributed by atoms with van der Waals surface area (Å²) in [6, 6.07) is 1.05. The van der Waals surface area contributed by atoms with E-state index >= 15 is 0 Å². The van der Waals surface area contributed by atoms with E-state index in [1.165, 1.54) is 12.3 Å². The molecule has 0 radical (unpaired) electrons. The summed E-state index contributed by atoms with van der Waals surface area (Å²) in [5.41, 5.74) is 5.63. The zero-order valence-electron chi connectivity index (χ0n) is 14.1. The lowest BCUT2D eigenvalue weighted by atomic mass is 9.98. The van der Waals surface area contributed by atoms with Gasteiger partial charge in [0, 0.05) is 11.7 Å². The summed E-state index contributed by atoms with van der Waals surface area (Å²) in [6.45, 7) is 4.03. The van der Waals surface area contributed by atoms with Crippen LogP contribution in [-0.4, -0.2) is 23.8 Å². The normalized spacial score (nSPS) is 20.2. The molecular formula is C18H19FN2O4. The molecule has 0 spiro atoms. The van der Waals surface area contributed by atoms with Gasteiger partial charge in [-0.25, -0.2) is 9.18 Å². The minimum Gasteiger partial charge on any atom is -0.489 e. The Kier molecular flexibility index (Phi) is 3.40. The summed E-state index contributed by atoms with van der Waals surface area (Å²) in [6.07, 6.45) is 2.83. The largest absolute Gasteiger partial charge is 0.489 e. The molecule has 1 atom stereocenters. The molecule has 0 unspecified atom stereocenters. The first-order valence-electron chi connectivity index (χ1n) is 8.38. The number of carbonyl (C=O) groups is 1. The van der Waals surface area contributed by atoms with E-state index < -0.39 is 22.8 Å². The number of rotatable bonds is 3. The summed E-state index contributed by atoms with van der Waals surface area (Å²) in [7, 11) is 0. The molecule has 7 heteroatoms. The predicted octanol–water partition coefficient (Wildman–Crippen LogP) is 2.22. The van der Waals surface area contributed by atoms with Gasteiger partial charge in [0.05, 0.1) is 29.1 Å². The maximum atomic E-state index is 14.8. The standard InChI is InChI=1S/C18H19FN2O4/c1-3-24-17(23)11-7-21-9(2)8-25-16-13(18(20)4-5-18)12(19)6-10(14(16)21)15(11)22/h6-7,9H,3-5,8,20H2,1-2H3/t9-/m0/s1. The van der Waals surface area contributed by atoms with Gasteiger partial charge < -0.3 is 19.8 Å². The van der Waals surface area contributed by atoms with Crippen LogP contribution in [0.15, 0.2) is 17.1 Å². The van der Waals surface area contributed by atoms with Gasteiger partial charge in [-0.15, -0.1) is 0 Å². The number of benzene rings is 1. The van der Waals surface area contributed by atoms with Crippen LogP contribution in [0.5, 0.6) is 5.75 Å². The molecule has 1 aromatic heterocycles. The lowest BCUT2D eigenvalue weighted by molar-refractivity contribution is 0.0523. The summed E-state index contributed by atoms with van der Waals surface area (Å²) in [4.78, 5) is 24.9. The van der Waals surface area contributed by atoms with E-state index in [4.69, 9.17) is 15.2 Å². The predicted molar refractivity (Wildman–Crippen MR) is 89.4 cm³/mol. The summed E-state index contributed by atoms with van der Waals surface area (Å²) in [5, 5.41) is 0.109. The Morgan fingerprint density at radius 3 is 2.88 bits per heavy atom. The Labute approximate surface area is 143 Å². The molecule has 1 aliphatic carbocycles. The van der Waals surface area contributed by atoms with Crippen molar-refractivity contribution in [2.24, 2.45) is 5.73 Å². The van der Waals surface area contributed by atoms with E-state index in [1.807, 2.05) is 6.92 Å². The highest BCUT2D eigenvalue weighted by molar-refractivity contribution is 5.96. The monoisotopic (exact) mass is 346 g/mol. The number of carbonyl (C=O) groups excluding carboxylic acids is 1. The molecule has 2 heterocycles. The molecule has 4 rings (SSSR count). The summed E-state index contributed by atoms with van der Waals surface area (Å²) < 4.78 is 27.3. The van der Waals surface area contributed by atoms with Crippen molar-refractivity contribution in [3.8, 4) is 5.75 Å². The molecule has 2 aliphatic rings. The number of esters is 1. The van der Waals surface area contributed by atoms with Gasteiger partial charge >= 0.3 is 5.97 Å². The van der Waals surface area contributed by atoms with Crippen LogP contribution in [-0.2, 0) is 10.3 Å². The van der Waals surface area contributed by atoms with Crippen LogP contribution in [0.1, 0.15) is 48.7 Å². The van der Waals surface area contributed by atoms with Crippen molar-refractivity contribution < 1.29 is 18.7 Å². The number of pyridine rings is 1. The fraction of sp³-hybridized carbons (Fsp3) is 0.444. The van der Waals surface area contributed by atoms with Gasteiger partial charge in [-0.2, -0.15) is 0 Å². The second-order valence-corrected chi connectivity index (χ2v) is 6.77. The van der Waals surface area contributed by atoms with Crippen molar-refractivity contribution in [2.75, 3.05) is 13.2 Å². The lowest BCUT2D eigenvalue weighted by Gasteiger charge is -2.30. The molecule has 0 bridgehead atoms. The molecular weight excluding hydrogens is 327 g/mol. The zero-order chi connectivity index (χ0) is 17.9. The highest BCUT2D eigenvalue weighted by atomic mass is 19.1. The smallest absolute Gasteiger partial charge is 0.343 e. The Balaban J connectivity index is 2.08. The number of halogens is 1. The van der Waals surface area contributed by atoms with Crippen molar-refractivity contribution in [3.05, 3.63) is 39.4 Å². The molecule has 0 saturated heterocycles. The fourth-order valence-corrected chi connectivity index (χ4v) is 3.43. The third kappa shape index (κ3) is 2.26. The molecule has 2 aromatic rings. The molecule has 1 aliphatic heterocycles. The van der Waals surface area contributed by atoms with Gasteiger partial charge in [-0.3, -0.25) is 4.79 Å². The molecule has 1 saturated carbocycles. The second kappa shape index (κ2) is 5.29. The fourth-order valence-electron chi connectivity index (χ4n) is 3.43. The van der Waals surface area contributed by atoms with E-state index in [0.717, 1.165) is 0 Å². The number of hydrogen-bond acceptors (Lipinski definition) is 5. The van der Waals surface area contributed by atoms with E-state index in [-0.39, 0.29) is 23.6 Å². The topological polar surface area (TPSA) is 83.5 Å².